The van der Waals surface area contributed by atoms with Crippen LogP contribution in [0.1, 0.15) is 29.9 Å². The number of thiophene rings is 1. The predicted molar refractivity (Wildman–Crippen MR) is 65.3 cm³/mol. The SMILES string of the molecule is CCC(C)(O)CNC(=O)c1sccc1Br. The first-order valence-electron chi connectivity index (χ1n) is 4.70. The second-order valence-electron chi connectivity index (χ2n) is 3.63. The highest BCUT2D eigenvalue weighted by Gasteiger charge is 2.19. The molecule has 1 heterocycles. The molecule has 0 saturated carbocycles. The van der Waals surface area contributed by atoms with Crippen LogP contribution in [0, 0.1) is 0 Å². The normalized spacial score (nSPS) is 14.7. The van der Waals surface area contributed by atoms with Gasteiger partial charge in [0.2, 0.25) is 0 Å². The molecule has 1 aromatic rings. The lowest BCUT2D eigenvalue weighted by Crippen LogP contribution is -2.39. The van der Waals surface area contributed by atoms with E-state index in [1.807, 2.05) is 18.4 Å². The van der Waals surface area contributed by atoms with Crippen LogP contribution in [0.2, 0.25) is 0 Å². The maximum absolute atomic E-state index is 11.6. The van der Waals surface area contributed by atoms with Gasteiger partial charge < -0.3 is 10.4 Å². The van der Waals surface area contributed by atoms with Gasteiger partial charge in [0, 0.05) is 11.0 Å². The van der Waals surface area contributed by atoms with Crippen LogP contribution in [0.4, 0.5) is 0 Å². The Balaban J connectivity index is 2.55. The van der Waals surface area contributed by atoms with Gasteiger partial charge in [0.15, 0.2) is 0 Å². The van der Waals surface area contributed by atoms with Gasteiger partial charge in [-0.2, -0.15) is 0 Å². The van der Waals surface area contributed by atoms with Gasteiger partial charge in [-0.3, -0.25) is 4.79 Å². The fraction of sp³-hybridized carbons (Fsp3) is 0.500. The zero-order valence-electron chi connectivity index (χ0n) is 8.71. The highest BCUT2D eigenvalue weighted by Crippen LogP contribution is 2.22. The van der Waals surface area contributed by atoms with Crippen molar-refractivity contribution in [2.75, 3.05) is 6.54 Å². The minimum atomic E-state index is -0.834. The smallest absolute Gasteiger partial charge is 0.262 e. The molecule has 0 fully saturated rings. The minimum absolute atomic E-state index is 0.148. The maximum Gasteiger partial charge on any atom is 0.262 e. The highest BCUT2D eigenvalue weighted by molar-refractivity contribution is 9.10. The van der Waals surface area contributed by atoms with Crippen LogP contribution in [-0.2, 0) is 0 Å². The molecule has 1 aromatic heterocycles. The Morgan fingerprint density at radius 1 is 1.73 bits per heavy atom. The summed E-state index contributed by atoms with van der Waals surface area (Å²) in [6.07, 6.45) is 0.610. The van der Waals surface area contributed by atoms with Crippen LogP contribution in [0.5, 0.6) is 0 Å². The summed E-state index contributed by atoms with van der Waals surface area (Å²) in [6, 6.07) is 1.83. The number of hydrogen-bond acceptors (Lipinski definition) is 3. The Morgan fingerprint density at radius 2 is 2.40 bits per heavy atom. The van der Waals surface area contributed by atoms with Crippen LogP contribution < -0.4 is 5.32 Å². The lowest BCUT2D eigenvalue weighted by atomic mass is 10.0. The fourth-order valence-electron chi connectivity index (χ4n) is 0.932. The molecule has 2 N–H and O–H groups in total. The van der Waals surface area contributed by atoms with E-state index in [-0.39, 0.29) is 12.5 Å². The average molecular weight is 292 g/mol. The van der Waals surface area contributed by atoms with Crippen molar-refractivity contribution < 1.29 is 9.90 Å². The van der Waals surface area contributed by atoms with Crippen molar-refractivity contribution in [1.82, 2.24) is 5.32 Å². The van der Waals surface area contributed by atoms with E-state index in [1.165, 1.54) is 11.3 Å². The quantitative estimate of drug-likeness (QED) is 0.895. The predicted octanol–water partition coefficient (Wildman–Crippen LogP) is 2.40. The summed E-state index contributed by atoms with van der Waals surface area (Å²) >= 11 is 4.67. The molecule has 3 nitrogen and oxygen atoms in total. The molecule has 0 radical (unpaired) electrons. The summed E-state index contributed by atoms with van der Waals surface area (Å²) in [4.78, 5) is 12.3. The Hall–Kier alpha value is -0.390. The fourth-order valence-corrected chi connectivity index (χ4v) is 2.40. The van der Waals surface area contributed by atoms with E-state index in [9.17, 15) is 9.90 Å². The first-order valence-corrected chi connectivity index (χ1v) is 6.37. The molecule has 0 bridgehead atoms. The third kappa shape index (κ3) is 3.59. The van der Waals surface area contributed by atoms with E-state index in [2.05, 4.69) is 21.2 Å². The molecule has 5 heteroatoms. The van der Waals surface area contributed by atoms with E-state index in [0.29, 0.717) is 11.3 Å². The summed E-state index contributed by atoms with van der Waals surface area (Å²) in [5.41, 5.74) is -0.834. The summed E-state index contributed by atoms with van der Waals surface area (Å²) in [5, 5.41) is 14.3. The van der Waals surface area contributed by atoms with Crippen LogP contribution >= 0.6 is 27.3 Å². The zero-order valence-corrected chi connectivity index (χ0v) is 11.1. The zero-order chi connectivity index (χ0) is 11.5. The lowest BCUT2D eigenvalue weighted by Gasteiger charge is -2.21. The van der Waals surface area contributed by atoms with Gasteiger partial charge >= 0.3 is 0 Å². The van der Waals surface area contributed by atoms with Gasteiger partial charge in [0.1, 0.15) is 4.88 Å². The first kappa shape index (κ1) is 12.7. The van der Waals surface area contributed by atoms with Crippen LogP contribution in [-0.4, -0.2) is 23.2 Å². The lowest BCUT2D eigenvalue weighted by molar-refractivity contribution is 0.0519. The van der Waals surface area contributed by atoms with Crippen molar-refractivity contribution >= 4 is 33.2 Å². The summed E-state index contributed by atoms with van der Waals surface area (Å²) in [6.45, 7) is 3.86. The molecule has 1 atom stereocenters. The molecular formula is C10H14BrNO2S. The molecular weight excluding hydrogens is 278 g/mol. The third-order valence-corrected chi connectivity index (χ3v) is 4.05. The number of aliphatic hydroxyl groups is 1. The molecule has 0 aliphatic heterocycles. The number of carbonyl (C=O) groups is 1. The molecule has 0 saturated heterocycles. The van der Waals surface area contributed by atoms with Gasteiger partial charge in [0.05, 0.1) is 5.60 Å². The number of halogens is 1. The monoisotopic (exact) mass is 291 g/mol. The largest absolute Gasteiger partial charge is 0.388 e. The Labute approximate surface area is 102 Å². The summed E-state index contributed by atoms with van der Waals surface area (Å²) in [5.74, 6) is -0.148. The third-order valence-electron chi connectivity index (χ3n) is 2.21. The van der Waals surface area contributed by atoms with Crippen molar-refractivity contribution in [3.05, 3.63) is 20.8 Å². The van der Waals surface area contributed by atoms with Crippen molar-refractivity contribution in [3.63, 3.8) is 0 Å². The Kier molecular flexibility index (Phi) is 4.31. The first-order chi connectivity index (χ1) is 6.96. The van der Waals surface area contributed by atoms with E-state index in [1.54, 1.807) is 6.92 Å². The van der Waals surface area contributed by atoms with Gasteiger partial charge in [-0.25, -0.2) is 0 Å². The second kappa shape index (κ2) is 5.09. The molecule has 0 aromatic carbocycles. The Bertz CT molecular complexity index is 349. The van der Waals surface area contributed by atoms with E-state index < -0.39 is 5.60 Å². The van der Waals surface area contributed by atoms with Crippen LogP contribution in [0.15, 0.2) is 15.9 Å². The number of carbonyl (C=O) groups excluding carboxylic acids is 1. The van der Waals surface area contributed by atoms with Gasteiger partial charge in [-0.15, -0.1) is 11.3 Å². The number of rotatable bonds is 4. The van der Waals surface area contributed by atoms with E-state index in [0.717, 1.165) is 4.47 Å². The minimum Gasteiger partial charge on any atom is -0.388 e. The molecule has 0 aliphatic carbocycles. The Morgan fingerprint density at radius 3 is 2.87 bits per heavy atom. The molecule has 1 unspecified atom stereocenters. The topological polar surface area (TPSA) is 49.3 Å². The average Bonchev–Trinajstić information content (AvgIpc) is 2.61. The molecule has 0 spiro atoms. The van der Waals surface area contributed by atoms with Gasteiger partial charge in [0.25, 0.3) is 5.91 Å². The maximum atomic E-state index is 11.6. The molecule has 84 valence electrons. The summed E-state index contributed by atoms with van der Waals surface area (Å²) < 4.78 is 0.793. The standard InChI is InChI=1S/C10H14BrNO2S/c1-3-10(2,14)6-12-9(13)8-7(11)4-5-15-8/h4-5,14H,3,6H2,1-2H3,(H,12,13). The van der Waals surface area contributed by atoms with Gasteiger partial charge in [-0.1, -0.05) is 6.92 Å². The van der Waals surface area contributed by atoms with E-state index >= 15 is 0 Å². The molecule has 0 aliphatic rings. The van der Waals surface area contributed by atoms with Crippen molar-refractivity contribution in [2.24, 2.45) is 0 Å². The van der Waals surface area contributed by atoms with E-state index in [4.69, 9.17) is 0 Å². The molecule has 1 amide bonds. The molecule has 15 heavy (non-hydrogen) atoms. The highest BCUT2D eigenvalue weighted by atomic mass is 79.9. The van der Waals surface area contributed by atoms with Crippen LogP contribution in [0.25, 0.3) is 0 Å². The number of nitrogens with one attached hydrogen (secondary N) is 1. The van der Waals surface area contributed by atoms with Crippen LogP contribution in [0.3, 0.4) is 0 Å². The van der Waals surface area contributed by atoms with Crippen molar-refractivity contribution in [3.8, 4) is 0 Å². The summed E-state index contributed by atoms with van der Waals surface area (Å²) in [7, 11) is 0. The number of hydrogen-bond donors (Lipinski definition) is 2. The van der Waals surface area contributed by atoms with Crippen molar-refractivity contribution in [2.45, 2.75) is 25.9 Å². The number of amides is 1. The second-order valence-corrected chi connectivity index (χ2v) is 5.40. The van der Waals surface area contributed by atoms with Gasteiger partial charge in [-0.05, 0) is 40.7 Å². The van der Waals surface area contributed by atoms with Crippen molar-refractivity contribution in [1.29, 1.82) is 0 Å². The molecule has 1 rings (SSSR count).